The molecule has 1 atom stereocenters. The van der Waals surface area contributed by atoms with E-state index < -0.39 is 23.9 Å². The van der Waals surface area contributed by atoms with Gasteiger partial charge in [-0.25, -0.2) is 14.1 Å². The molecule has 1 unspecified atom stereocenters. The molecule has 0 saturated carbocycles. The predicted molar refractivity (Wildman–Crippen MR) is 90.5 cm³/mol. The first-order valence-corrected chi connectivity index (χ1v) is 7.83. The van der Waals surface area contributed by atoms with Gasteiger partial charge in [0, 0.05) is 0 Å². The van der Waals surface area contributed by atoms with Gasteiger partial charge in [0.05, 0.1) is 6.04 Å². The van der Waals surface area contributed by atoms with Crippen LogP contribution >= 0.6 is 0 Å². The number of anilines is 1. The van der Waals surface area contributed by atoms with Crippen LogP contribution in [0, 0.1) is 5.82 Å². The van der Waals surface area contributed by atoms with E-state index in [1.54, 1.807) is 13.0 Å². The van der Waals surface area contributed by atoms with E-state index in [-0.39, 0.29) is 11.2 Å². The van der Waals surface area contributed by atoms with E-state index in [2.05, 4.69) is 25.6 Å². The van der Waals surface area contributed by atoms with Crippen molar-refractivity contribution in [2.75, 3.05) is 11.2 Å². The predicted octanol–water partition coefficient (Wildman–Crippen LogP) is 1.28. The van der Waals surface area contributed by atoms with Crippen molar-refractivity contribution in [2.45, 2.75) is 19.1 Å². The zero-order valence-corrected chi connectivity index (χ0v) is 14.4. The van der Waals surface area contributed by atoms with Gasteiger partial charge in [0.1, 0.15) is 23.6 Å². The highest BCUT2D eigenvalue weighted by molar-refractivity contribution is 5.41. The van der Waals surface area contributed by atoms with Crippen molar-refractivity contribution >= 4 is 5.82 Å². The van der Waals surface area contributed by atoms with Crippen LogP contribution in [0.4, 0.5) is 23.4 Å². The first-order chi connectivity index (χ1) is 13.2. The number of benzene rings is 1. The summed E-state index contributed by atoms with van der Waals surface area (Å²) in [7, 11) is 0. The van der Waals surface area contributed by atoms with Crippen molar-refractivity contribution in [3.63, 3.8) is 0 Å². The van der Waals surface area contributed by atoms with Gasteiger partial charge in [-0.05, 0) is 36.8 Å². The van der Waals surface area contributed by atoms with Gasteiger partial charge in [0.15, 0.2) is 5.49 Å². The number of nitrogens with one attached hydrogen (secondary N) is 1. The van der Waals surface area contributed by atoms with Crippen LogP contribution in [0.2, 0.25) is 0 Å². The van der Waals surface area contributed by atoms with E-state index >= 15 is 0 Å². The monoisotopic (exact) mass is 397 g/mol. The summed E-state index contributed by atoms with van der Waals surface area (Å²) < 4.78 is 53.7. The van der Waals surface area contributed by atoms with Crippen LogP contribution in [0.3, 0.4) is 0 Å². The van der Waals surface area contributed by atoms with Crippen molar-refractivity contribution in [3.05, 3.63) is 59.4 Å². The van der Waals surface area contributed by atoms with Gasteiger partial charge in [0.25, 0.3) is 0 Å². The molecule has 0 bridgehead atoms. The van der Waals surface area contributed by atoms with Crippen LogP contribution in [0.25, 0.3) is 5.69 Å². The standard InChI is InChI=1S/C15H15F4N9/c1-8(24-12-4-5-13(25-20)28(21)26-12)9-2-3-11(10(16)6-9)27-14(15(17,18)19)22-7-23-27/h2-8H,20-21H2,1H3,(H,24,26)/b25-13-. The minimum Gasteiger partial charge on any atom is -0.362 e. The summed E-state index contributed by atoms with van der Waals surface area (Å²) in [6.45, 7) is 1.72. The molecule has 9 nitrogen and oxygen atoms in total. The summed E-state index contributed by atoms with van der Waals surface area (Å²) in [5.41, 5.74) is 0.336. The highest BCUT2D eigenvalue weighted by atomic mass is 19.4. The van der Waals surface area contributed by atoms with E-state index in [9.17, 15) is 17.6 Å². The van der Waals surface area contributed by atoms with E-state index in [1.165, 1.54) is 18.2 Å². The maximum atomic E-state index is 14.5. The molecule has 0 aliphatic rings. The van der Waals surface area contributed by atoms with Gasteiger partial charge in [-0.15, -0.1) is 5.10 Å². The molecule has 0 radical (unpaired) electrons. The Kier molecular flexibility index (Phi) is 4.90. The lowest BCUT2D eigenvalue weighted by Crippen LogP contribution is -2.31. The molecule has 0 spiro atoms. The molecule has 3 rings (SSSR count). The SMILES string of the molecule is CC(Nc1cc/c(=N/N)n(N)n1)c1ccc(-n2ncnc2C(F)(F)F)c(F)c1. The summed E-state index contributed by atoms with van der Waals surface area (Å²) in [6.07, 6.45) is -4.05. The molecule has 148 valence electrons. The number of nitrogens with zero attached hydrogens (tertiary/aromatic N) is 6. The summed E-state index contributed by atoms with van der Waals surface area (Å²) >= 11 is 0. The molecule has 2 aromatic heterocycles. The van der Waals surface area contributed by atoms with Gasteiger partial charge in [-0.3, -0.25) is 0 Å². The van der Waals surface area contributed by atoms with Crippen LogP contribution in [0.1, 0.15) is 24.4 Å². The van der Waals surface area contributed by atoms with Crippen LogP contribution in [-0.2, 0) is 6.18 Å². The van der Waals surface area contributed by atoms with Crippen molar-refractivity contribution in [1.82, 2.24) is 24.7 Å². The lowest BCUT2D eigenvalue weighted by Gasteiger charge is -2.16. The van der Waals surface area contributed by atoms with Gasteiger partial charge >= 0.3 is 6.18 Å². The number of hydrogen-bond donors (Lipinski definition) is 3. The Labute approximate surface area is 155 Å². The van der Waals surface area contributed by atoms with Crippen LogP contribution in [0.15, 0.2) is 41.8 Å². The van der Waals surface area contributed by atoms with Crippen molar-refractivity contribution in [1.29, 1.82) is 0 Å². The number of nitrogens with two attached hydrogens (primary N) is 2. The Bertz CT molecular complexity index is 1050. The van der Waals surface area contributed by atoms with Gasteiger partial charge in [-0.1, -0.05) is 6.07 Å². The molecule has 5 N–H and O–H groups in total. The third-order valence-electron chi connectivity index (χ3n) is 3.84. The number of aromatic nitrogens is 5. The molecule has 0 saturated heterocycles. The molecule has 28 heavy (non-hydrogen) atoms. The largest absolute Gasteiger partial charge is 0.451 e. The summed E-state index contributed by atoms with van der Waals surface area (Å²) in [5, 5.41) is 13.9. The Morgan fingerprint density at radius 2 is 1.96 bits per heavy atom. The molecule has 0 amide bonds. The quantitative estimate of drug-likeness (QED) is 0.346. The second-order valence-electron chi connectivity index (χ2n) is 5.72. The fourth-order valence-corrected chi connectivity index (χ4v) is 2.49. The molecule has 0 fully saturated rings. The number of halogens is 4. The Hall–Kier alpha value is -3.64. The fourth-order valence-electron chi connectivity index (χ4n) is 2.49. The number of rotatable bonds is 4. The topological polar surface area (TPSA) is 125 Å². The number of nitrogen functional groups attached to an aromatic ring is 1. The van der Waals surface area contributed by atoms with Crippen molar-refractivity contribution < 1.29 is 17.6 Å². The Morgan fingerprint density at radius 3 is 2.57 bits per heavy atom. The number of hydrogen-bond acceptors (Lipinski definition) is 7. The van der Waals surface area contributed by atoms with Gasteiger partial charge < -0.3 is 17.0 Å². The molecule has 3 aromatic rings. The third kappa shape index (κ3) is 3.72. The van der Waals surface area contributed by atoms with Crippen molar-refractivity contribution in [3.8, 4) is 5.69 Å². The van der Waals surface area contributed by atoms with E-state index in [0.29, 0.717) is 22.4 Å². The van der Waals surface area contributed by atoms with Crippen molar-refractivity contribution in [2.24, 2.45) is 10.9 Å². The normalized spacial score (nSPS) is 13.5. The van der Waals surface area contributed by atoms with Crippen LogP contribution in [0.5, 0.6) is 0 Å². The Balaban J connectivity index is 1.86. The minimum absolute atomic E-state index is 0.238. The highest BCUT2D eigenvalue weighted by Crippen LogP contribution is 2.30. The average molecular weight is 397 g/mol. The number of alkyl halides is 3. The van der Waals surface area contributed by atoms with E-state index in [0.717, 1.165) is 10.9 Å². The second-order valence-corrected chi connectivity index (χ2v) is 5.72. The van der Waals surface area contributed by atoms with Gasteiger partial charge in [-0.2, -0.15) is 28.2 Å². The lowest BCUT2D eigenvalue weighted by molar-refractivity contribution is -0.146. The first kappa shape index (κ1) is 19.1. The lowest BCUT2D eigenvalue weighted by atomic mass is 10.1. The highest BCUT2D eigenvalue weighted by Gasteiger charge is 2.37. The zero-order chi connectivity index (χ0) is 20.5. The third-order valence-corrected chi connectivity index (χ3v) is 3.84. The van der Waals surface area contributed by atoms with Crippen LogP contribution in [-0.4, -0.2) is 24.7 Å². The molecule has 0 aliphatic carbocycles. The maximum absolute atomic E-state index is 14.5. The average Bonchev–Trinajstić information content (AvgIpc) is 3.11. The second kappa shape index (κ2) is 7.17. The Morgan fingerprint density at radius 1 is 1.21 bits per heavy atom. The fraction of sp³-hybridized carbons (Fsp3) is 0.200. The molecular formula is C15H15F4N9. The zero-order valence-electron chi connectivity index (χ0n) is 14.4. The molecule has 1 aromatic carbocycles. The molecule has 13 heteroatoms. The first-order valence-electron chi connectivity index (χ1n) is 7.83. The van der Waals surface area contributed by atoms with E-state index in [1.807, 2.05) is 0 Å². The summed E-state index contributed by atoms with van der Waals surface area (Å²) in [5.74, 6) is 8.92. The summed E-state index contributed by atoms with van der Waals surface area (Å²) in [4.78, 5) is 4.11. The van der Waals surface area contributed by atoms with Crippen LogP contribution < -0.4 is 22.5 Å². The molecule has 2 heterocycles. The molecule has 0 aliphatic heterocycles. The molecular weight excluding hydrogens is 382 g/mol. The minimum atomic E-state index is -4.76. The van der Waals surface area contributed by atoms with Gasteiger partial charge in [0.2, 0.25) is 5.82 Å². The summed E-state index contributed by atoms with van der Waals surface area (Å²) in [6, 6.07) is 6.43. The van der Waals surface area contributed by atoms with E-state index in [4.69, 9.17) is 11.7 Å². The smallest absolute Gasteiger partial charge is 0.362 e. The maximum Gasteiger partial charge on any atom is 0.451 e.